The first-order valence-corrected chi connectivity index (χ1v) is 13.5. The number of carbonyl (C=O) groups excluding carboxylic acids is 1. The fourth-order valence-corrected chi connectivity index (χ4v) is 4.81. The molecule has 3 aromatic carbocycles. The molecule has 5 nitrogen and oxygen atoms in total. The van der Waals surface area contributed by atoms with Crippen LogP contribution >= 0.6 is 34.4 Å². The van der Waals surface area contributed by atoms with Crippen molar-refractivity contribution in [3.8, 4) is 11.5 Å². The molecule has 0 atom stereocenters. The zero-order chi connectivity index (χ0) is 25.5. The van der Waals surface area contributed by atoms with Crippen LogP contribution in [0.5, 0.6) is 11.5 Å². The first kappa shape index (κ1) is 26.0. The summed E-state index contributed by atoms with van der Waals surface area (Å²) in [6, 6.07) is 20.0. The second-order valence-electron chi connectivity index (χ2n) is 8.17. The maximum absolute atomic E-state index is 12.7. The Morgan fingerprint density at radius 2 is 1.83 bits per heavy atom. The Bertz CT molecular complexity index is 1320. The van der Waals surface area contributed by atoms with Crippen molar-refractivity contribution in [1.29, 1.82) is 0 Å². The van der Waals surface area contributed by atoms with Crippen molar-refractivity contribution >= 4 is 57.2 Å². The van der Waals surface area contributed by atoms with Crippen molar-refractivity contribution in [2.45, 2.75) is 26.9 Å². The van der Waals surface area contributed by atoms with Crippen LogP contribution < -0.4 is 14.8 Å². The third kappa shape index (κ3) is 6.79. The Morgan fingerprint density at radius 3 is 2.53 bits per heavy atom. The molecule has 1 heterocycles. The van der Waals surface area contributed by atoms with Crippen LogP contribution in [-0.2, 0) is 17.8 Å². The summed E-state index contributed by atoms with van der Waals surface area (Å²) in [6.07, 6.45) is 4.30. The number of thioether (sulfide) groups is 1. The number of amidine groups is 1. The number of nitrogens with one attached hydrogen (secondary N) is 1. The average molecular weight is 611 g/mol. The van der Waals surface area contributed by atoms with Crippen LogP contribution in [0, 0.1) is 10.5 Å². The highest BCUT2D eigenvalue weighted by molar-refractivity contribution is 14.1. The lowest BCUT2D eigenvalue weighted by Gasteiger charge is -2.17. The minimum atomic E-state index is -0.173. The Morgan fingerprint density at radius 1 is 1.08 bits per heavy atom. The van der Waals surface area contributed by atoms with Crippen LogP contribution in [0.2, 0.25) is 0 Å². The van der Waals surface area contributed by atoms with Gasteiger partial charge in [-0.25, -0.2) is 4.99 Å². The number of halogens is 1. The van der Waals surface area contributed by atoms with E-state index in [1.165, 1.54) is 15.3 Å². The van der Waals surface area contributed by atoms with Gasteiger partial charge in [0.2, 0.25) is 0 Å². The van der Waals surface area contributed by atoms with Gasteiger partial charge >= 0.3 is 0 Å². The largest absolute Gasteiger partial charge is 0.490 e. The van der Waals surface area contributed by atoms with Gasteiger partial charge in [0, 0.05) is 9.13 Å². The first-order chi connectivity index (χ1) is 17.4. The van der Waals surface area contributed by atoms with E-state index in [1.807, 2.05) is 62.4 Å². The molecule has 1 N–H and O–H groups in total. The third-order valence-corrected chi connectivity index (χ3v) is 6.96. The van der Waals surface area contributed by atoms with Gasteiger partial charge in [-0.3, -0.25) is 4.79 Å². The molecule has 0 saturated carbocycles. The second kappa shape index (κ2) is 12.3. The molecule has 0 radical (unpaired) electrons. The number of aryl methyl sites for hydroxylation is 1. The topological polar surface area (TPSA) is 59.9 Å². The quantitative estimate of drug-likeness (QED) is 0.158. The number of nitrogens with zero attached hydrogens (tertiary/aromatic N) is 1. The van der Waals surface area contributed by atoms with Gasteiger partial charge in [0.25, 0.3) is 5.91 Å². The summed E-state index contributed by atoms with van der Waals surface area (Å²) in [5.74, 6) is 1.17. The van der Waals surface area contributed by atoms with Crippen LogP contribution in [0.1, 0.15) is 29.2 Å². The molecule has 1 fully saturated rings. The lowest BCUT2D eigenvalue weighted by atomic mass is 10.0. The molecular formula is C29H27IN2O3S. The molecule has 1 aliphatic heterocycles. The highest BCUT2D eigenvalue weighted by atomic mass is 127. The molecule has 1 amide bonds. The van der Waals surface area contributed by atoms with Crippen molar-refractivity contribution in [1.82, 2.24) is 5.32 Å². The van der Waals surface area contributed by atoms with Crippen molar-refractivity contribution in [3.05, 3.63) is 104 Å². The fraction of sp³-hybridized carbons (Fsp3) is 0.172. The maximum atomic E-state index is 12.7. The third-order valence-electron chi connectivity index (χ3n) is 5.33. The van der Waals surface area contributed by atoms with E-state index < -0.39 is 0 Å². The molecule has 0 aromatic heterocycles. The van der Waals surface area contributed by atoms with Gasteiger partial charge in [0.1, 0.15) is 6.61 Å². The zero-order valence-electron chi connectivity index (χ0n) is 20.2. The van der Waals surface area contributed by atoms with Gasteiger partial charge in [-0.1, -0.05) is 35.9 Å². The SMILES string of the molecule is C=CCc1cc(/C=C2/SC(=Nc3ccc(C)cc3)NC2=O)cc(OCC)c1OCc1ccc(I)cc1. The number of benzene rings is 3. The Kier molecular flexibility index (Phi) is 8.88. The Balaban J connectivity index is 1.61. The lowest BCUT2D eigenvalue weighted by Crippen LogP contribution is -2.19. The number of aliphatic imine (C=N–C) groups is 1. The number of ether oxygens (including phenoxy) is 2. The number of allylic oxidation sites excluding steroid dienone is 1. The maximum Gasteiger partial charge on any atom is 0.264 e. The molecule has 0 spiro atoms. The molecular weight excluding hydrogens is 583 g/mol. The predicted molar refractivity (Wildman–Crippen MR) is 157 cm³/mol. The molecule has 184 valence electrons. The molecule has 1 aliphatic rings. The van der Waals surface area contributed by atoms with Crippen LogP contribution in [0.3, 0.4) is 0 Å². The van der Waals surface area contributed by atoms with E-state index in [4.69, 9.17) is 9.47 Å². The number of hydrogen-bond donors (Lipinski definition) is 1. The Labute approximate surface area is 229 Å². The average Bonchev–Trinajstić information content (AvgIpc) is 3.19. The van der Waals surface area contributed by atoms with E-state index in [0.717, 1.165) is 27.9 Å². The Hall–Kier alpha value is -3.04. The molecule has 1 saturated heterocycles. The monoisotopic (exact) mass is 610 g/mol. The molecule has 3 aromatic rings. The van der Waals surface area contributed by atoms with Crippen LogP contribution in [0.15, 0.2) is 83.2 Å². The number of rotatable bonds is 9. The summed E-state index contributed by atoms with van der Waals surface area (Å²) in [7, 11) is 0. The molecule has 4 rings (SSSR count). The summed E-state index contributed by atoms with van der Waals surface area (Å²) in [6.45, 7) is 8.80. The summed E-state index contributed by atoms with van der Waals surface area (Å²) < 4.78 is 13.4. The van der Waals surface area contributed by atoms with Gasteiger partial charge in [-0.05, 0) is 108 Å². The molecule has 7 heteroatoms. The van der Waals surface area contributed by atoms with E-state index in [1.54, 1.807) is 0 Å². The van der Waals surface area contributed by atoms with Crippen molar-refractivity contribution in [2.24, 2.45) is 4.99 Å². The summed E-state index contributed by atoms with van der Waals surface area (Å²) >= 11 is 3.61. The van der Waals surface area contributed by atoms with Crippen LogP contribution in [0.4, 0.5) is 5.69 Å². The van der Waals surface area contributed by atoms with Crippen molar-refractivity contribution < 1.29 is 14.3 Å². The first-order valence-electron chi connectivity index (χ1n) is 11.6. The van der Waals surface area contributed by atoms with Gasteiger partial charge in [0.05, 0.1) is 17.2 Å². The summed E-state index contributed by atoms with van der Waals surface area (Å²) in [5.41, 5.74) is 4.84. The highest BCUT2D eigenvalue weighted by Gasteiger charge is 2.24. The second-order valence-corrected chi connectivity index (χ2v) is 10.4. The van der Waals surface area contributed by atoms with Crippen LogP contribution in [-0.4, -0.2) is 17.7 Å². The molecule has 0 bridgehead atoms. The minimum Gasteiger partial charge on any atom is -0.490 e. The summed E-state index contributed by atoms with van der Waals surface area (Å²) in [4.78, 5) is 17.8. The van der Waals surface area contributed by atoms with E-state index in [0.29, 0.717) is 41.2 Å². The minimum absolute atomic E-state index is 0.173. The number of hydrogen-bond acceptors (Lipinski definition) is 5. The normalized spacial score (nSPS) is 15.2. The molecule has 0 unspecified atom stereocenters. The van der Waals surface area contributed by atoms with Gasteiger partial charge in [0.15, 0.2) is 16.7 Å². The van der Waals surface area contributed by atoms with Gasteiger partial charge in [-0.2, -0.15) is 0 Å². The van der Waals surface area contributed by atoms with E-state index in [-0.39, 0.29) is 5.91 Å². The zero-order valence-corrected chi connectivity index (χ0v) is 23.2. The molecule has 0 aliphatic carbocycles. The van der Waals surface area contributed by atoms with E-state index >= 15 is 0 Å². The number of amides is 1. The van der Waals surface area contributed by atoms with Gasteiger partial charge in [-0.15, -0.1) is 6.58 Å². The highest BCUT2D eigenvalue weighted by Crippen LogP contribution is 2.37. The van der Waals surface area contributed by atoms with Crippen molar-refractivity contribution in [2.75, 3.05) is 6.61 Å². The van der Waals surface area contributed by atoms with E-state index in [9.17, 15) is 4.79 Å². The lowest BCUT2D eigenvalue weighted by molar-refractivity contribution is -0.115. The fourth-order valence-electron chi connectivity index (χ4n) is 3.61. The molecule has 36 heavy (non-hydrogen) atoms. The predicted octanol–water partition coefficient (Wildman–Crippen LogP) is 7.20. The number of carbonyl (C=O) groups is 1. The van der Waals surface area contributed by atoms with Gasteiger partial charge < -0.3 is 14.8 Å². The standard InChI is InChI=1S/C29H27IN2O3S/c1-4-6-22-15-21(16-25(34-5-2)27(22)35-18-20-9-11-23(30)12-10-20)17-26-28(33)32-29(36-26)31-24-13-7-19(3)8-14-24/h4,7-17H,1,5-6,18H2,2-3H3,(H,31,32,33)/b26-17+. The van der Waals surface area contributed by atoms with Crippen molar-refractivity contribution in [3.63, 3.8) is 0 Å². The van der Waals surface area contributed by atoms with Crippen LogP contribution in [0.25, 0.3) is 6.08 Å². The smallest absolute Gasteiger partial charge is 0.264 e. The van der Waals surface area contributed by atoms with E-state index in [2.05, 4.69) is 63.7 Å². The summed E-state index contributed by atoms with van der Waals surface area (Å²) in [5, 5.41) is 3.41.